The number of rotatable bonds is 5. The van der Waals surface area contributed by atoms with Crippen molar-refractivity contribution >= 4 is 5.97 Å². The number of carboxylic acid groups (broad SMARTS) is 1. The first kappa shape index (κ1) is 14.7. The highest BCUT2D eigenvalue weighted by Crippen LogP contribution is 2.31. The number of halogens is 1. The topological polar surface area (TPSA) is 69.2 Å². The molecule has 1 aliphatic rings. The molecular formula is C16H18FN3O2. The Labute approximate surface area is 127 Å². The van der Waals surface area contributed by atoms with Gasteiger partial charge in [0.05, 0.1) is 24.4 Å². The van der Waals surface area contributed by atoms with Gasteiger partial charge in [0.25, 0.3) is 0 Å². The number of aromatic nitrogens is 2. The molecule has 0 bridgehead atoms. The summed E-state index contributed by atoms with van der Waals surface area (Å²) in [5.74, 6) is -0.196. The van der Waals surface area contributed by atoms with Crippen molar-refractivity contribution in [3.05, 3.63) is 42.1 Å². The molecule has 1 atom stereocenters. The van der Waals surface area contributed by atoms with Crippen molar-refractivity contribution < 1.29 is 14.3 Å². The number of H-pyrrole nitrogens is 1. The van der Waals surface area contributed by atoms with Gasteiger partial charge in [0.1, 0.15) is 11.6 Å². The highest BCUT2D eigenvalue weighted by atomic mass is 19.1. The predicted octanol–water partition coefficient (Wildman–Crippen LogP) is 2.83. The summed E-state index contributed by atoms with van der Waals surface area (Å²) in [6, 6.07) is 6.40. The molecule has 2 aromatic rings. The molecule has 0 aliphatic carbocycles. The lowest BCUT2D eigenvalue weighted by Gasteiger charge is -2.21. The number of hydrogen-bond donors (Lipinski definition) is 2. The van der Waals surface area contributed by atoms with E-state index in [-0.39, 0.29) is 18.3 Å². The fraction of sp³-hybridized carbons (Fsp3) is 0.375. The van der Waals surface area contributed by atoms with Crippen molar-refractivity contribution in [2.24, 2.45) is 0 Å². The summed E-state index contributed by atoms with van der Waals surface area (Å²) in [6.07, 6.45) is 3.89. The molecule has 0 saturated carbocycles. The molecule has 3 rings (SSSR count). The maximum absolute atomic E-state index is 13.0. The Kier molecular flexibility index (Phi) is 4.20. The van der Waals surface area contributed by atoms with Crippen molar-refractivity contribution in [1.29, 1.82) is 0 Å². The highest BCUT2D eigenvalue weighted by Gasteiger charge is 2.28. The van der Waals surface area contributed by atoms with Crippen LogP contribution in [0.15, 0.2) is 30.5 Å². The van der Waals surface area contributed by atoms with Gasteiger partial charge in [-0.2, -0.15) is 0 Å². The summed E-state index contributed by atoms with van der Waals surface area (Å²) in [6.45, 7) is 1.43. The van der Waals surface area contributed by atoms with Gasteiger partial charge >= 0.3 is 5.97 Å². The number of hydrogen-bond acceptors (Lipinski definition) is 3. The van der Waals surface area contributed by atoms with Crippen LogP contribution in [0.1, 0.15) is 31.1 Å². The molecule has 1 saturated heterocycles. The number of carboxylic acids is 1. The van der Waals surface area contributed by atoms with E-state index >= 15 is 0 Å². The zero-order valence-electron chi connectivity index (χ0n) is 12.1. The molecule has 1 aliphatic heterocycles. The summed E-state index contributed by atoms with van der Waals surface area (Å²) in [4.78, 5) is 20.6. The Morgan fingerprint density at radius 1 is 1.41 bits per heavy atom. The van der Waals surface area contributed by atoms with Gasteiger partial charge in [-0.25, -0.2) is 9.37 Å². The van der Waals surface area contributed by atoms with Crippen molar-refractivity contribution in [3.63, 3.8) is 0 Å². The van der Waals surface area contributed by atoms with E-state index in [4.69, 9.17) is 5.11 Å². The third kappa shape index (κ3) is 3.17. The number of aliphatic carboxylic acids is 1. The number of nitrogens with zero attached hydrogens (tertiary/aromatic N) is 2. The SMILES string of the molecule is O=C(O)CCN1CCCC1c1ncc(-c2ccc(F)cc2)[nH]1. The van der Waals surface area contributed by atoms with E-state index in [1.54, 1.807) is 18.3 Å². The normalized spacial score (nSPS) is 18.7. The van der Waals surface area contributed by atoms with Crippen LogP contribution in [0.5, 0.6) is 0 Å². The van der Waals surface area contributed by atoms with Gasteiger partial charge in [-0.15, -0.1) is 0 Å². The second kappa shape index (κ2) is 6.27. The number of imidazole rings is 1. The molecule has 116 valence electrons. The average Bonchev–Trinajstić information content (AvgIpc) is 3.14. The molecular weight excluding hydrogens is 285 g/mol. The van der Waals surface area contributed by atoms with Crippen LogP contribution in [0, 0.1) is 5.82 Å². The number of carbonyl (C=O) groups is 1. The summed E-state index contributed by atoms with van der Waals surface area (Å²) in [5.41, 5.74) is 1.73. The van der Waals surface area contributed by atoms with E-state index in [9.17, 15) is 9.18 Å². The lowest BCUT2D eigenvalue weighted by Crippen LogP contribution is -2.26. The molecule has 1 fully saturated rings. The summed E-state index contributed by atoms with van der Waals surface area (Å²) >= 11 is 0. The van der Waals surface area contributed by atoms with E-state index in [0.717, 1.165) is 36.5 Å². The predicted molar refractivity (Wildman–Crippen MR) is 79.8 cm³/mol. The Hall–Kier alpha value is -2.21. The first-order valence-electron chi connectivity index (χ1n) is 7.40. The van der Waals surface area contributed by atoms with Gasteiger partial charge in [-0.1, -0.05) is 0 Å². The molecule has 0 radical (unpaired) electrons. The van der Waals surface area contributed by atoms with E-state index < -0.39 is 5.97 Å². The zero-order chi connectivity index (χ0) is 15.5. The van der Waals surface area contributed by atoms with Crippen LogP contribution in [-0.2, 0) is 4.79 Å². The van der Waals surface area contributed by atoms with Crippen molar-refractivity contribution in [3.8, 4) is 11.3 Å². The first-order valence-corrected chi connectivity index (χ1v) is 7.40. The molecule has 0 amide bonds. The molecule has 1 aromatic heterocycles. The number of aromatic amines is 1. The Morgan fingerprint density at radius 2 is 2.18 bits per heavy atom. The minimum absolute atomic E-state index is 0.133. The maximum atomic E-state index is 13.0. The van der Waals surface area contributed by atoms with Crippen LogP contribution >= 0.6 is 0 Å². The fourth-order valence-electron chi connectivity index (χ4n) is 2.92. The third-order valence-corrected chi connectivity index (χ3v) is 4.04. The van der Waals surface area contributed by atoms with E-state index in [0.29, 0.717) is 6.54 Å². The monoisotopic (exact) mass is 303 g/mol. The van der Waals surface area contributed by atoms with Crippen LogP contribution in [0.25, 0.3) is 11.3 Å². The first-order chi connectivity index (χ1) is 10.6. The van der Waals surface area contributed by atoms with Crippen molar-refractivity contribution in [2.45, 2.75) is 25.3 Å². The van der Waals surface area contributed by atoms with Crippen LogP contribution < -0.4 is 0 Å². The smallest absolute Gasteiger partial charge is 0.304 e. The Balaban J connectivity index is 1.75. The van der Waals surface area contributed by atoms with Crippen LogP contribution in [-0.4, -0.2) is 39.0 Å². The van der Waals surface area contributed by atoms with Crippen LogP contribution in [0.2, 0.25) is 0 Å². The lowest BCUT2D eigenvalue weighted by molar-refractivity contribution is -0.137. The second-order valence-electron chi connectivity index (χ2n) is 5.53. The molecule has 22 heavy (non-hydrogen) atoms. The molecule has 0 spiro atoms. The summed E-state index contributed by atoms with van der Waals surface area (Å²) in [7, 11) is 0. The standard InChI is InChI=1S/C16H18FN3O2/c17-12-5-3-11(4-6-12)13-10-18-16(19-13)14-2-1-8-20(14)9-7-15(21)22/h3-6,10,14H,1-2,7-9H2,(H,18,19)(H,21,22). The van der Waals surface area contributed by atoms with Gasteiger partial charge in [-0.3, -0.25) is 9.69 Å². The maximum Gasteiger partial charge on any atom is 0.304 e. The van der Waals surface area contributed by atoms with E-state index in [1.807, 2.05) is 0 Å². The zero-order valence-corrected chi connectivity index (χ0v) is 12.1. The van der Waals surface area contributed by atoms with Gasteiger partial charge in [-0.05, 0) is 49.2 Å². The van der Waals surface area contributed by atoms with Gasteiger partial charge in [0.2, 0.25) is 0 Å². The summed E-state index contributed by atoms with van der Waals surface area (Å²) in [5, 5.41) is 8.83. The molecule has 6 heteroatoms. The number of likely N-dealkylation sites (tertiary alicyclic amines) is 1. The molecule has 2 heterocycles. The minimum Gasteiger partial charge on any atom is -0.481 e. The largest absolute Gasteiger partial charge is 0.481 e. The minimum atomic E-state index is -0.780. The Bertz CT molecular complexity index is 654. The number of benzene rings is 1. The molecule has 2 N–H and O–H groups in total. The molecule has 1 unspecified atom stereocenters. The quantitative estimate of drug-likeness (QED) is 0.891. The second-order valence-corrected chi connectivity index (χ2v) is 5.53. The van der Waals surface area contributed by atoms with E-state index in [2.05, 4.69) is 14.9 Å². The van der Waals surface area contributed by atoms with Crippen LogP contribution in [0.4, 0.5) is 4.39 Å². The van der Waals surface area contributed by atoms with Gasteiger partial charge in [0.15, 0.2) is 0 Å². The summed E-state index contributed by atoms with van der Waals surface area (Å²) < 4.78 is 13.0. The average molecular weight is 303 g/mol. The third-order valence-electron chi connectivity index (χ3n) is 4.04. The van der Waals surface area contributed by atoms with Crippen LogP contribution in [0.3, 0.4) is 0 Å². The van der Waals surface area contributed by atoms with E-state index in [1.165, 1.54) is 12.1 Å². The molecule has 5 nitrogen and oxygen atoms in total. The fourth-order valence-corrected chi connectivity index (χ4v) is 2.92. The van der Waals surface area contributed by atoms with Crippen molar-refractivity contribution in [2.75, 3.05) is 13.1 Å². The van der Waals surface area contributed by atoms with Gasteiger partial charge < -0.3 is 10.1 Å². The number of nitrogens with one attached hydrogen (secondary N) is 1. The Morgan fingerprint density at radius 3 is 2.91 bits per heavy atom. The lowest BCUT2D eigenvalue weighted by atomic mass is 10.2. The molecule has 1 aromatic carbocycles. The van der Waals surface area contributed by atoms with Crippen molar-refractivity contribution in [1.82, 2.24) is 14.9 Å². The van der Waals surface area contributed by atoms with Gasteiger partial charge in [0, 0.05) is 6.54 Å². The highest BCUT2D eigenvalue weighted by molar-refractivity contribution is 5.66.